The molecule has 22 aromatic rings. The molecule has 6 nitrogen and oxygen atoms in total. The van der Waals surface area contributed by atoms with Gasteiger partial charge in [0.15, 0.2) is 0 Å². The van der Waals surface area contributed by atoms with E-state index in [1.807, 2.05) is 43.5 Å². The first-order valence-electron chi connectivity index (χ1n) is 50.4. The number of fused-ring (bicyclic) bond motifs is 2. The van der Waals surface area contributed by atoms with Crippen LogP contribution in [0.4, 0.5) is 51.2 Å². The molecule has 0 amide bonds. The first kappa shape index (κ1) is 95.1. The van der Waals surface area contributed by atoms with Gasteiger partial charge in [0.1, 0.15) is 5.75 Å². The van der Waals surface area contributed by atoms with E-state index in [9.17, 15) is 0 Å². The fraction of sp³-hybridized carbons (Fsp3) is 0.0282. The minimum Gasteiger partial charge on any atom is -0.497 e. The van der Waals surface area contributed by atoms with Crippen LogP contribution in [0.5, 0.6) is 5.75 Å². The number of hydrogen-bond acceptors (Lipinski definition) is 6. The van der Waals surface area contributed by atoms with E-state index in [1.165, 1.54) is 50.1 Å². The third kappa shape index (κ3) is 22.1. The number of ether oxygens (including phenoxy) is 1. The molecule has 708 valence electrons. The standard InChI is InChI=1S/C76H57N3.C66H52N2O/c1-56(76(62-28-12-4-13-29-62)63-30-14-5-15-31-63)41-42-57-51-66(64-32-22-38-70(54-64)78(67-34-16-6-17-35-67)68-36-18-7-19-37-68)55-71(52-57)79(69-46-44-61(45-47-69)74-39-20-21-49-77-74)75-40-23-33-65-50-58(43-48-72(65)75)53-73(59-24-8-2-9-25-59)60-26-10-3-11-27-60;1-47-26-28-53(29-27-47)64(54-34-41-59(69-3)42-35-54)46-56-36-45-66(63-24-14-13-23-62(56)63)68(58-39-32-55(33-40-58)65-25-15-16-48(2)67-65)57-37-30-52(31-38-57)61(51-21-11-6-12-22-51)44-43-60(49-17-7-4-8-18-49)50-19-9-5-10-20-50/h2-55H,1H3;4-46H,1-3H3/b42-41+;61-44+,64-46+. The fourth-order valence-corrected chi connectivity index (χ4v) is 19.7. The monoisotopic (exact) mass is 1900 g/mol. The van der Waals surface area contributed by atoms with Crippen molar-refractivity contribution in [1.29, 1.82) is 0 Å². The maximum absolute atomic E-state index is 5.54. The Morgan fingerprint density at radius 3 is 1.20 bits per heavy atom. The van der Waals surface area contributed by atoms with Crippen LogP contribution in [0.25, 0.3) is 101 Å². The van der Waals surface area contributed by atoms with Crippen molar-refractivity contribution in [3.05, 3.63) is 660 Å². The van der Waals surface area contributed by atoms with Gasteiger partial charge >= 0.3 is 0 Å². The Morgan fingerprint density at radius 2 is 0.669 bits per heavy atom. The number of allylic oxidation sites excluding steroid dienone is 4. The molecule has 0 saturated heterocycles. The largest absolute Gasteiger partial charge is 0.497 e. The molecule has 0 atom stereocenters. The fourth-order valence-electron chi connectivity index (χ4n) is 19.7. The van der Waals surface area contributed by atoms with Crippen LogP contribution in [-0.4, -0.2) is 17.1 Å². The van der Waals surface area contributed by atoms with Gasteiger partial charge < -0.3 is 19.4 Å². The Hall–Kier alpha value is -19.1. The SMILES string of the molecule is CC(/C=C/c1cc(-c2cccc(N(c3ccccc3)c3ccccc3)c2)cc(N(c2ccc(-c3ccccn3)cc2)c2cccc3cc(C=C(c4ccccc4)c4ccccc4)ccc23)c1)=C(c1ccccc1)c1ccccc1.COc1ccc(/C(=C/c2ccc(N(c3ccc(/C(=C/C=C(c4ccccc4)c4ccccc4)c4ccccc4)cc3)c3ccc(-c4cccc(C)n4)cc3)c3ccccc23)c2ccc(C)cc2)cc1. The molecular weight excluding hydrogens is 1790 g/mol. The zero-order chi connectivity index (χ0) is 100. The van der Waals surface area contributed by atoms with Crippen LogP contribution in [0, 0.1) is 13.8 Å². The molecule has 0 aliphatic carbocycles. The summed E-state index contributed by atoms with van der Waals surface area (Å²) in [6, 6.07) is 195. The molecule has 2 aromatic heterocycles. The summed E-state index contributed by atoms with van der Waals surface area (Å²) in [6.45, 7) is 6.39. The molecule has 2 heterocycles. The average molecular weight is 1900 g/mol. The van der Waals surface area contributed by atoms with Gasteiger partial charge in [-0.3, -0.25) is 9.97 Å². The topological polar surface area (TPSA) is 44.7 Å². The maximum atomic E-state index is 5.54. The number of methoxy groups -OCH3 is 1. The Balaban J connectivity index is 0.000000175. The first-order valence-corrected chi connectivity index (χ1v) is 50.4. The lowest BCUT2D eigenvalue weighted by Crippen LogP contribution is -2.11. The summed E-state index contributed by atoms with van der Waals surface area (Å²) in [5.41, 5.74) is 39.8. The Morgan fingerprint density at radius 1 is 0.257 bits per heavy atom. The molecule has 0 fully saturated rings. The highest BCUT2D eigenvalue weighted by atomic mass is 16.5. The minimum absolute atomic E-state index is 0.831. The van der Waals surface area contributed by atoms with Crippen molar-refractivity contribution in [3.8, 4) is 39.4 Å². The van der Waals surface area contributed by atoms with Crippen LogP contribution in [-0.2, 0) is 0 Å². The Kier molecular flexibility index (Phi) is 29.2. The number of benzene rings is 20. The molecule has 0 spiro atoms. The number of rotatable bonds is 28. The van der Waals surface area contributed by atoms with Gasteiger partial charge in [-0.1, -0.05) is 430 Å². The summed E-state index contributed by atoms with van der Waals surface area (Å²) in [5.74, 6) is 0.831. The summed E-state index contributed by atoms with van der Waals surface area (Å²) < 4.78 is 5.54. The van der Waals surface area contributed by atoms with Crippen molar-refractivity contribution in [1.82, 2.24) is 9.97 Å². The molecule has 20 aromatic carbocycles. The van der Waals surface area contributed by atoms with Gasteiger partial charge in [-0.25, -0.2) is 0 Å². The first-order chi connectivity index (χ1) is 73.1. The number of para-hydroxylation sites is 2. The molecule has 22 rings (SSSR count). The molecule has 6 heteroatoms. The zero-order valence-corrected chi connectivity index (χ0v) is 83.1. The van der Waals surface area contributed by atoms with Crippen molar-refractivity contribution in [3.63, 3.8) is 0 Å². The molecule has 0 saturated carbocycles. The minimum atomic E-state index is 0.831. The van der Waals surface area contributed by atoms with Gasteiger partial charge in [0, 0.05) is 73.6 Å². The molecular formula is C142H109N5O. The third-order valence-electron chi connectivity index (χ3n) is 27.1. The van der Waals surface area contributed by atoms with Crippen LogP contribution >= 0.6 is 0 Å². The van der Waals surface area contributed by atoms with Gasteiger partial charge in [-0.05, 0) is 306 Å². The summed E-state index contributed by atoms with van der Waals surface area (Å²) >= 11 is 0. The van der Waals surface area contributed by atoms with Crippen LogP contribution in [0.15, 0.2) is 576 Å². The van der Waals surface area contributed by atoms with E-state index < -0.39 is 0 Å². The van der Waals surface area contributed by atoms with Gasteiger partial charge in [0.2, 0.25) is 0 Å². The van der Waals surface area contributed by atoms with Crippen molar-refractivity contribution in [2.45, 2.75) is 20.8 Å². The van der Waals surface area contributed by atoms with Crippen LogP contribution in [0.1, 0.15) is 90.5 Å². The van der Waals surface area contributed by atoms with Crippen LogP contribution in [0.3, 0.4) is 0 Å². The highest BCUT2D eigenvalue weighted by molar-refractivity contribution is 6.07. The van der Waals surface area contributed by atoms with E-state index in [0.717, 1.165) is 179 Å². The predicted octanol–water partition coefficient (Wildman–Crippen LogP) is 37.8. The number of pyridine rings is 2. The lowest BCUT2D eigenvalue weighted by Gasteiger charge is -2.28. The van der Waals surface area contributed by atoms with Gasteiger partial charge in [0.05, 0.1) is 29.9 Å². The number of anilines is 9. The van der Waals surface area contributed by atoms with E-state index in [4.69, 9.17) is 14.7 Å². The number of aryl methyl sites for hydroxylation is 2. The highest BCUT2D eigenvalue weighted by Crippen LogP contribution is 2.48. The summed E-state index contributed by atoms with van der Waals surface area (Å²) in [5, 5.41) is 4.57. The lowest BCUT2D eigenvalue weighted by molar-refractivity contribution is 0.415. The molecule has 0 aliphatic heterocycles. The second-order valence-corrected chi connectivity index (χ2v) is 36.9. The summed E-state index contributed by atoms with van der Waals surface area (Å²) in [7, 11) is 1.71. The van der Waals surface area contributed by atoms with Crippen molar-refractivity contribution >= 4 is 119 Å². The average Bonchev–Trinajstić information content (AvgIpc) is 0.762. The Bertz CT molecular complexity index is 8350. The van der Waals surface area contributed by atoms with E-state index in [0.29, 0.717) is 0 Å². The maximum Gasteiger partial charge on any atom is 0.118 e. The van der Waals surface area contributed by atoms with Gasteiger partial charge in [-0.15, -0.1) is 0 Å². The van der Waals surface area contributed by atoms with Gasteiger partial charge in [-0.2, -0.15) is 0 Å². The molecule has 0 unspecified atom stereocenters. The van der Waals surface area contributed by atoms with E-state index in [1.54, 1.807) is 7.11 Å². The van der Waals surface area contributed by atoms with Crippen LogP contribution < -0.4 is 19.4 Å². The van der Waals surface area contributed by atoms with Crippen molar-refractivity contribution in [2.75, 3.05) is 21.8 Å². The third-order valence-corrected chi connectivity index (χ3v) is 27.1. The number of aromatic nitrogens is 2. The molecule has 0 N–H and O–H groups in total. The van der Waals surface area contributed by atoms with E-state index >= 15 is 0 Å². The number of hydrogen-bond donors (Lipinski definition) is 0. The van der Waals surface area contributed by atoms with Crippen molar-refractivity contribution < 1.29 is 4.74 Å². The zero-order valence-electron chi connectivity index (χ0n) is 83.1. The number of nitrogens with zero attached hydrogens (tertiary/aromatic N) is 5. The predicted molar refractivity (Wildman–Crippen MR) is 627 cm³/mol. The molecule has 0 aliphatic rings. The van der Waals surface area contributed by atoms with Gasteiger partial charge in [0.25, 0.3) is 0 Å². The van der Waals surface area contributed by atoms with Crippen molar-refractivity contribution in [2.24, 2.45) is 0 Å². The second-order valence-electron chi connectivity index (χ2n) is 36.9. The second kappa shape index (κ2) is 45.4. The van der Waals surface area contributed by atoms with E-state index in [2.05, 4.69) is 581 Å². The molecule has 0 radical (unpaired) electrons. The molecule has 148 heavy (non-hydrogen) atoms. The quantitative estimate of drug-likeness (QED) is 0.0360. The molecule has 0 bridgehead atoms. The smallest absolute Gasteiger partial charge is 0.118 e. The lowest BCUT2D eigenvalue weighted by atomic mass is 9.92. The van der Waals surface area contributed by atoms with E-state index in [-0.39, 0.29) is 0 Å². The summed E-state index contributed by atoms with van der Waals surface area (Å²) in [6.07, 6.45) is 15.6. The summed E-state index contributed by atoms with van der Waals surface area (Å²) in [4.78, 5) is 16.7. The Labute approximate surface area is 868 Å². The van der Waals surface area contributed by atoms with Crippen LogP contribution in [0.2, 0.25) is 0 Å². The normalized spacial score (nSPS) is 11.3. The highest BCUT2D eigenvalue weighted by Gasteiger charge is 2.24.